The first-order valence-electron chi connectivity index (χ1n) is 6.98. The molecule has 0 saturated carbocycles. The summed E-state index contributed by atoms with van der Waals surface area (Å²) in [6.07, 6.45) is 0. The van der Waals surface area contributed by atoms with Crippen LogP contribution in [0.15, 0.2) is 65.6 Å². The quantitative estimate of drug-likeness (QED) is 0.693. The minimum absolute atomic E-state index is 0.119. The first kappa shape index (κ1) is 15.5. The molecule has 0 aromatic heterocycles. The standard InChI is InChI=1S/C18H13F2NOS/c19-14-6-8-16(20)17(10-14)21-18(22)11-23-15-7-5-12-3-1-2-4-13(12)9-15/h1-10H,11H2,(H,21,22). The molecule has 1 amide bonds. The number of nitrogens with one attached hydrogen (secondary N) is 1. The van der Waals surface area contributed by atoms with Crippen LogP contribution in [0.1, 0.15) is 0 Å². The molecular weight excluding hydrogens is 316 g/mol. The zero-order valence-electron chi connectivity index (χ0n) is 12.1. The van der Waals surface area contributed by atoms with Gasteiger partial charge >= 0.3 is 0 Å². The largest absolute Gasteiger partial charge is 0.323 e. The van der Waals surface area contributed by atoms with E-state index in [2.05, 4.69) is 5.32 Å². The van der Waals surface area contributed by atoms with E-state index in [1.54, 1.807) is 0 Å². The minimum Gasteiger partial charge on any atom is -0.323 e. The van der Waals surface area contributed by atoms with Gasteiger partial charge in [-0.2, -0.15) is 0 Å². The van der Waals surface area contributed by atoms with Gasteiger partial charge in [0.2, 0.25) is 5.91 Å². The van der Waals surface area contributed by atoms with Gasteiger partial charge < -0.3 is 5.32 Å². The fourth-order valence-corrected chi connectivity index (χ4v) is 2.93. The average molecular weight is 329 g/mol. The summed E-state index contributed by atoms with van der Waals surface area (Å²) in [7, 11) is 0. The van der Waals surface area contributed by atoms with Crippen LogP contribution in [0, 0.1) is 11.6 Å². The Morgan fingerprint density at radius 2 is 1.74 bits per heavy atom. The zero-order valence-corrected chi connectivity index (χ0v) is 12.9. The van der Waals surface area contributed by atoms with Crippen LogP contribution in [-0.4, -0.2) is 11.7 Å². The molecule has 23 heavy (non-hydrogen) atoms. The lowest BCUT2D eigenvalue weighted by Crippen LogP contribution is -2.15. The van der Waals surface area contributed by atoms with Crippen molar-refractivity contribution in [3.05, 3.63) is 72.3 Å². The summed E-state index contributed by atoms with van der Waals surface area (Å²) in [6, 6.07) is 16.8. The molecule has 0 atom stereocenters. The second kappa shape index (κ2) is 6.79. The Labute approximate surface area is 136 Å². The molecule has 0 bridgehead atoms. The fourth-order valence-electron chi connectivity index (χ4n) is 2.19. The number of amides is 1. The van der Waals surface area contributed by atoms with E-state index in [4.69, 9.17) is 0 Å². The van der Waals surface area contributed by atoms with Crippen LogP contribution in [0.3, 0.4) is 0 Å². The van der Waals surface area contributed by atoms with Gasteiger partial charge in [0.1, 0.15) is 11.6 Å². The highest BCUT2D eigenvalue weighted by Gasteiger charge is 2.09. The SMILES string of the molecule is O=C(CSc1ccc2ccccc2c1)Nc1cc(F)ccc1F. The molecule has 0 aliphatic carbocycles. The molecule has 5 heteroatoms. The summed E-state index contributed by atoms with van der Waals surface area (Å²) in [6.45, 7) is 0. The van der Waals surface area contributed by atoms with Gasteiger partial charge in [-0.15, -0.1) is 11.8 Å². The van der Waals surface area contributed by atoms with Crippen molar-refractivity contribution in [2.45, 2.75) is 4.90 Å². The molecule has 1 N–H and O–H groups in total. The maximum Gasteiger partial charge on any atom is 0.234 e. The predicted molar refractivity (Wildman–Crippen MR) is 89.7 cm³/mol. The molecule has 0 heterocycles. The summed E-state index contributed by atoms with van der Waals surface area (Å²) in [5, 5.41) is 4.60. The Morgan fingerprint density at radius 3 is 2.57 bits per heavy atom. The first-order valence-corrected chi connectivity index (χ1v) is 7.97. The van der Waals surface area contributed by atoms with E-state index >= 15 is 0 Å². The van der Waals surface area contributed by atoms with Crippen molar-refractivity contribution in [2.24, 2.45) is 0 Å². The highest BCUT2D eigenvalue weighted by molar-refractivity contribution is 8.00. The molecule has 2 nitrogen and oxygen atoms in total. The third-order valence-electron chi connectivity index (χ3n) is 3.29. The van der Waals surface area contributed by atoms with E-state index in [1.807, 2.05) is 42.5 Å². The normalized spacial score (nSPS) is 10.7. The number of anilines is 1. The minimum atomic E-state index is -0.657. The van der Waals surface area contributed by atoms with E-state index in [9.17, 15) is 13.6 Å². The van der Waals surface area contributed by atoms with E-state index in [-0.39, 0.29) is 17.3 Å². The summed E-state index contributed by atoms with van der Waals surface area (Å²) in [5.74, 6) is -1.51. The monoisotopic (exact) mass is 329 g/mol. The second-order valence-corrected chi connectivity index (χ2v) is 6.02. The second-order valence-electron chi connectivity index (χ2n) is 4.97. The Bertz CT molecular complexity index is 867. The van der Waals surface area contributed by atoms with Crippen molar-refractivity contribution < 1.29 is 13.6 Å². The van der Waals surface area contributed by atoms with Gasteiger partial charge in [0.15, 0.2) is 0 Å². The molecule has 0 aliphatic heterocycles. The molecule has 0 fully saturated rings. The van der Waals surface area contributed by atoms with Crippen molar-refractivity contribution >= 4 is 34.1 Å². The van der Waals surface area contributed by atoms with Crippen molar-refractivity contribution in [1.29, 1.82) is 0 Å². The maximum atomic E-state index is 13.5. The number of carbonyl (C=O) groups excluding carboxylic acids is 1. The van der Waals surface area contributed by atoms with Gasteiger partial charge in [-0.1, -0.05) is 30.3 Å². The van der Waals surface area contributed by atoms with E-state index < -0.39 is 11.6 Å². The molecule has 0 radical (unpaired) electrons. The third-order valence-corrected chi connectivity index (χ3v) is 4.29. The van der Waals surface area contributed by atoms with Gasteiger partial charge in [0.05, 0.1) is 11.4 Å². The summed E-state index contributed by atoms with van der Waals surface area (Å²) in [5.41, 5.74) is -0.144. The molecule has 3 aromatic carbocycles. The van der Waals surface area contributed by atoms with Crippen molar-refractivity contribution in [3.63, 3.8) is 0 Å². The smallest absolute Gasteiger partial charge is 0.234 e. The number of halogens is 2. The lowest BCUT2D eigenvalue weighted by Gasteiger charge is -2.07. The molecule has 0 spiro atoms. The van der Waals surface area contributed by atoms with Gasteiger partial charge in [-0.3, -0.25) is 4.79 Å². The molecule has 3 rings (SSSR count). The first-order chi connectivity index (χ1) is 11.1. The van der Waals surface area contributed by atoms with Crippen molar-refractivity contribution in [1.82, 2.24) is 0 Å². The van der Waals surface area contributed by atoms with E-state index in [1.165, 1.54) is 11.8 Å². The molecule has 0 unspecified atom stereocenters. The van der Waals surface area contributed by atoms with E-state index in [0.717, 1.165) is 33.9 Å². The third kappa shape index (κ3) is 3.87. The summed E-state index contributed by atoms with van der Waals surface area (Å²) >= 11 is 1.34. The van der Waals surface area contributed by atoms with Crippen LogP contribution in [0.4, 0.5) is 14.5 Å². The molecule has 116 valence electrons. The number of rotatable bonds is 4. The Hall–Kier alpha value is -2.40. The zero-order chi connectivity index (χ0) is 16.2. The van der Waals surface area contributed by atoms with Crippen LogP contribution in [0.25, 0.3) is 10.8 Å². The maximum absolute atomic E-state index is 13.5. The van der Waals surface area contributed by atoms with Gasteiger partial charge in [0, 0.05) is 11.0 Å². The Morgan fingerprint density at radius 1 is 0.957 bits per heavy atom. The van der Waals surface area contributed by atoms with E-state index in [0.29, 0.717) is 0 Å². The lowest BCUT2D eigenvalue weighted by molar-refractivity contribution is -0.113. The van der Waals surface area contributed by atoms with Gasteiger partial charge in [-0.25, -0.2) is 8.78 Å². The number of benzene rings is 3. The molecule has 3 aromatic rings. The number of thioether (sulfide) groups is 1. The van der Waals surface area contributed by atoms with Gasteiger partial charge in [-0.05, 0) is 35.0 Å². The van der Waals surface area contributed by atoms with Crippen LogP contribution in [-0.2, 0) is 4.79 Å². The van der Waals surface area contributed by atoms with Crippen LogP contribution in [0.5, 0.6) is 0 Å². The predicted octanol–water partition coefficient (Wildman–Crippen LogP) is 4.85. The van der Waals surface area contributed by atoms with Crippen molar-refractivity contribution in [2.75, 3.05) is 11.1 Å². The highest BCUT2D eigenvalue weighted by atomic mass is 32.2. The Balaban J connectivity index is 1.64. The molecule has 0 aliphatic rings. The van der Waals surface area contributed by atoms with Crippen LogP contribution < -0.4 is 5.32 Å². The topological polar surface area (TPSA) is 29.1 Å². The van der Waals surface area contributed by atoms with Crippen molar-refractivity contribution in [3.8, 4) is 0 Å². The number of carbonyl (C=O) groups is 1. The molecule has 0 saturated heterocycles. The molecular formula is C18H13F2NOS. The summed E-state index contributed by atoms with van der Waals surface area (Å²) < 4.78 is 26.6. The number of fused-ring (bicyclic) bond motifs is 1. The number of hydrogen-bond acceptors (Lipinski definition) is 2. The fraction of sp³-hybridized carbons (Fsp3) is 0.0556. The Kier molecular flexibility index (Phi) is 4.57. The number of hydrogen-bond donors (Lipinski definition) is 1. The lowest BCUT2D eigenvalue weighted by atomic mass is 10.1. The average Bonchev–Trinajstić information content (AvgIpc) is 2.56. The summed E-state index contributed by atoms with van der Waals surface area (Å²) in [4.78, 5) is 12.8. The van der Waals surface area contributed by atoms with Crippen LogP contribution >= 0.6 is 11.8 Å². The highest BCUT2D eigenvalue weighted by Crippen LogP contribution is 2.24. The van der Waals surface area contributed by atoms with Crippen LogP contribution in [0.2, 0.25) is 0 Å². The van der Waals surface area contributed by atoms with Gasteiger partial charge in [0.25, 0.3) is 0 Å².